The first-order chi connectivity index (χ1) is 19.3. The van der Waals surface area contributed by atoms with Gasteiger partial charge >= 0.3 is 0 Å². The van der Waals surface area contributed by atoms with E-state index in [4.69, 9.17) is 19.4 Å². The van der Waals surface area contributed by atoms with E-state index in [0.29, 0.717) is 25.0 Å². The smallest absolute Gasteiger partial charge is 0.163 e. The van der Waals surface area contributed by atoms with E-state index in [2.05, 4.69) is 102 Å². The first-order valence-electron chi connectivity index (χ1n) is 14.4. The highest BCUT2D eigenvalue weighted by Gasteiger charge is 2.13. The van der Waals surface area contributed by atoms with Crippen LogP contribution in [-0.2, 0) is 0 Å². The van der Waals surface area contributed by atoms with Crippen molar-refractivity contribution in [2.24, 2.45) is 11.8 Å². The van der Waals surface area contributed by atoms with Crippen LogP contribution in [0, 0.1) is 25.7 Å². The molecule has 0 N–H and O–H groups in total. The normalized spacial score (nSPS) is 11.9. The fourth-order valence-electron chi connectivity index (χ4n) is 4.08. The summed E-state index contributed by atoms with van der Waals surface area (Å²) in [5, 5.41) is 0. The summed E-state index contributed by atoms with van der Waals surface area (Å²) in [6.07, 6.45) is 10.2. The largest absolute Gasteiger partial charge is 0.490 e. The van der Waals surface area contributed by atoms with Gasteiger partial charge in [0.05, 0.1) is 35.6 Å². The Kier molecular flexibility index (Phi) is 10.1. The molecular weight excluding hydrogens is 492 g/mol. The summed E-state index contributed by atoms with van der Waals surface area (Å²) in [6.45, 7) is 14.3. The molecule has 4 nitrogen and oxygen atoms in total. The van der Waals surface area contributed by atoms with E-state index in [-0.39, 0.29) is 0 Å². The van der Waals surface area contributed by atoms with E-state index in [1.165, 1.54) is 11.1 Å². The number of hydrogen-bond acceptors (Lipinski definition) is 4. The zero-order valence-electron chi connectivity index (χ0n) is 24.8. The molecule has 4 heteroatoms. The van der Waals surface area contributed by atoms with Crippen molar-refractivity contribution in [2.75, 3.05) is 13.2 Å². The van der Waals surface area contributed by atoms with Crippen molar-refractivity contribution in [1.82, 2.24) is 9.97 Å². The van der Waals surface area contributed by atoms with Crippen LogP contribution in [-0.4, -0.2) is 23.2 Å². The number of fused-ring (bicyclic) bond motifs is 1. The molecule has 0 aliphatic heterocycles. The van der Waals surface area contributed by atoms with Crippen molar-refractivity contribution < 1.29 is 9.47 Å². The second-order valence-corrected chi connectivity index (χ2v) is 11.3. The molecule has 0 atom stereocenters. The predicted octanol–water partition coefficient (Wildman–Crippen LogP) is 9.44. The lowest BCUT2D eigenvalue weighted by molar-refractivity contribution is 0.247. The van der Waals surface area contributed by atoms with Gasteiger partial charge in [-0.3, -0.25) is 0 Å². The minimum Gasteiger partial charge on any atom is -0.490 e. The summed E-state index contributed by atoms with van der Waals surface area (Å²) in [4.78, 5) is 10.1. The van der Waals surface area contributed by atoms with Gasteiger partial charge in [-0.15, -0.1) is 0 Å². The highest BCUT2D eigenvalue weighted by Crippen LogP contribution is 2.33. The summed E-state index contributed by atoms with van der Waals surface area (Å²) >= 11 is 0. The van der Waals surface area contributed by atoms with Crippen molar-refractivity contribution in [3.05, 3.63) is 94.3 Å². The van der Waals surface area contributed by atoms with Crippen LogP contribution in [0.25, 0.3) is 35.3 Å². The molecule has 4 rings (SSSR count). The average Bonchev–Trinajstić information content (AvgIpc) is 2.92. The number of hydrogen-bond donors (Lipinski definition) is 0. The van der Waals surface area contributed by atoms with E-state index in [9.17, 15) is 0 Å². The van der Waals surface area contributed by atoms with Gasteiger partial charge in [-0.05, 0) is 61.8 Å². The Bertz CT molecular complexity index is 1340. The second-order valence-electron chi connectivity index (χ2n) is 11.3. The van der Waals surface area contributed by atoms with Gasteiger partial charge in [-0.1, -0.05) is 99.5 Å². The maximum Gasteiger partial charge on any atom is 0.163 e. The van der Waals surface area contributed by atoms with Crippen molar-refractivity contribution >= 4 is 35.3 Å². The van der Waals surface area contributed by atoms with Crippen LogP contribution in [0.3, 0.4) is 0 Å². The van der Waals surface area contributed by atoms with Crippen LogP contribution in [0.4, 0.5) is 0 Å². The molecule has 0 radical (unpaired) electrons. The zero-order chi connectivity index (χ0) is 28.5. The Balaban J connectivity index is 1.75. The predicted molar refractivity (Wildman–Crippen MR) is 170 cm³/mol. The third kappa shape index (κ3) is 8.54. The number of aromatic nitrogens is 2. The molecule has 0 spiro atoms. The lowest BCUT2D eigenvalue weighted by atomic mass is 10.1. The van der Waals surface area contributed by atoms with Crippen molar-refractivity contribution in [2.45, 2.75) is 54.4 Å². The Labute approximate surface area is 239 Å². The monoisotopic (exact) mass is 534 g/mol. The molecule has 40 heavy (non-hydrogen) atoms. The maximum atomic E-state index is 6.21. The first kappa shape index (κ1) is 29.1. The Morgan fingerprint density at radius 3 is 1.30 bits per heavy atom. The molecule has 4 aromatic rings. The van der Waals surface area contributed by atoms with Crippen molar-refractivity contribution in [3.63, 3.8) is 0 Å². The molecule has 3 aromatic carbocycles. The van der Waals surface area contributed by atoms with Crippen LogP contribution >= 0.6 is 0 Å². The Hall–Kier alpha value is -3.92. The molecule has 0 aliphatic carbocycles. The van der Waals surface area contributed by atoms with Gasteiger partial charge in [-0.25, -0.2) is 9.97 Å². The lowest BCUT2D eigenvalue weighted by Gasteiger charge is -2.15. The standard InChI is InChI=1S/C36H42N2O2/c1-25(2)19-21-39-35-23-33-34(24-36(35)40-22-20-26(3)4)38-32(18-16-30-13-9-28(6)10-14-30)31(37-33)17-15-29-11-7-27(5)8-12-29/h7-18,23-26H,19-22H2,1-6H3/b17-15+,18-16+. The second kappa shape index (κ2) is 13.9. The van der Waals surface area contributed by atoms with Crippen LogP contribution in [0.2, 0.25) is 0 Å². The quantitative estimate of drug-likeness (QED) is 0.182. The molecule has 0 fully saturated rings. The van der Waals surface area contributed by atoms with Crippen LogP contribution in [0.1, 0.15) is 74.2 Å². The molecule has 1 heterocycles. The van der Waals surface area contributed by atoms with E-state index in [1.807, 2.05) is 24.3 Å². The number of nitrogens with zero attached hydrogens (tertiary/aromatic N) is 2. The Morgan fingerprint density at radius 1 is 0.575 bits per heavy atom. The maximum absolute atomic E-state index is 6.21. The highest BCUT2D eigenvalue weighted by molar-refractivity contribution is 5.85. The number of aryl methyl sites for hydroxylation is 2. The van der Waals surface area contributed by atoms with Gasteiger partial charge in [0.2, 0.25) is 0 Å². The third-order valence-electron chi connectivity index (χ3n) is 6.71. The molecular formula is C36H42N2O2. The van der Waals surface area contributed by atoms with E-state index in [0.717, 1.165) is 57.9 Å². The lowest BCUT2D eigenvalue weighted by Crippen LogP contribution is -2.06. The molecule has 0 aliphatic rings. The number of ether oxygens (including phenoxy) is 2. The summed E-state index contributed by atoms with van der Waals surface area (Å²) in [6, 6.07) is 20.9. The Morgan fingerprint density at radius 2 is 0.950 bits per heavy atom. The van der Waals surface area contributed by atoms with Gasteiger partial charge in [0.25, 0.3) is 0 Å². The summed E-state index contributed by atoms with van der Waals surface area (Å²) < 4.78 is 12.4. The first-order valence-corrected chi connectivity index (χ1v) is 14.4. The van der Waals surface area contributed by atoms with Crippen molar-refractivity contribution in [1.29, 1.82) is 0 Å². The molecule has 1 aromatic heterocycles. The molecule has 0 saturated carbocycles. The average molecular weight is 535 g/mol. The van der Waals surface area contributed by atoms with Crippen LogP contribution < -0.4 is 9.47 Å². The SMILES string of the molecule is Cc1ccc(/C=C/c2nc3cc(OCCC(C)C)c(OCCC(C)C)cc3nc2/C=C/c2ccc(C)cc2)cc1. The fourth-order valence-corrected chi connectivity index (χ4v) is 4.08. The molecule has 208 valence electrons. The summed E-state index contributed by atoms with van der Waals surface area (Å²) in [5.74, 6) is 2.57. The van der Waals surface area contributed by atoms with E-state index >= 15 is 0 Å². The van der Waals surface area contributed by atoms with Gasteiger partial charge in [0, 0.05) is 12.1 Å². The highest BCUT2D eigenvalue weighted by atomic mass is 16.5. The fraction of sp³-hybridized carbons (Fsp3) is 0.333. The number of rotatable bonds is 12. The van der Waals surface area contributed by atoms with Crippen molar-refractivity contribution in [3.8, 4) is 11.5 Å². The third-order valence-corrected chi connectivity index (χ3v) is 6.71. The molecule has 0 saturated heterocycles. The van der Waals surface area contributed by atoms with Crippen LogP contribution in [0.15, 0.2) is 60.7 Å². The molecule has 0 unspecified atom stereocenters. The van der Waals surface area contributed by atoms with Crippen LogP contribution in [0.5, 0.6) is 11.5 Å². The van der Waals surface area contributed by atoms with Gasteiger partial charge in [0.15, 0.2) is 11.5 Å². The van der Waals surface area contributed by atoms with Gasteiger partial charge in [0.1, 0.15) is 0 Å². The molecule has 0 amide bonds. The van der Waals surface area contributed by atoms with E-state index < -0.39 is 0 Å². The topological polar surface area (TPSA) is 44.2 Å². The van der Waals surface area contributed by atoms with Gasteiger partial charge < -0.3 is 9.47 Å². The minimum atomic E-state index is 0.562. The minimum absolute atomic E-state index is 0.562. The van der Waals surface area contributed by atoms with Gasteiger partial charge in [-0.2, -0.15) is 0 Å². The summed E-state index contributed by atoms with van der Waals surface area (Å²) in [7, 11) is 0. The summed E-state index contributed by atoms with van der Waals surface area (Å²) in [5.41, 5.74) is 7.89. The van der Waals surface area contributed by atoms with E-state index in [1.54, 1.807) is 0 Å². The zero-order valence-corrected chi connectivity index (χ0v) is 24.8. The molecule has 0 bridgehead atoms. The number of benzene rings is 3.